The van der Waals surface area contributed by atoms with Gasteiger partial charge in [-0.05, 0) is 29.5 Å². The zero-order valence-electron chi connectivity index (χ0n) is 20.6. The van der Waals surface area contributed by atoms with E-state index in [2.05, 4.69) is 37.9 Å². The molecule has 0 saturated heterocycles. The average Bonchev–Trinajstić information content (AvgIpc) is 2.72. The lowest BCUT2D eigenvalue weighted by Gasteiger charge is -2.26. The molecule has 0 fully saturated rings. The van der Waals surface area contributed by atoms with E-state index < -0.39 is 56.2 Å². The Morgan fingerprint density at radius 2 is 1.48 bits per heavy atom. The Hall–Kier alpha value is -1.82. The first-order chi connectivity index (χ1) is 15.0. The minimum absolute atomic E-state index is 0.000553. The predicted molar refractivity (Wildman–Crippen MR) is 131 cm³/mol. The van der Waals surface area contributed by atoms with Gasteiger partial charge in [0.2, 0.25) is 0 Å². The second-order valence-electron chi connectivity index (χ2n) is 8.69. The van der Waals surface area contributed by atoms with Gasteiger partial charge in [0.25, 0.3) is 26.1 Å². The third-order valence-electron chi connectivity index (χ3n) is 5.11. The molecule has 0 atom stereocenters. The van der Waals surface area contributed by atoms with Crippen LogP contribution in [0, 0.1) is 5.41 Å². The van der Waals surface area contributed by atoms with Crippen LogP contribution in [0.3, 0.4) is 0 Å². The molecule has 0 saturated carbocycles. The smallest absolute Gasteiger partial charge is 0.272 e. The van der Waals surface area contributed by atoms with Crippen LogP contribution in [0.5, 0.6) is 0 Å². The molecule has 1 aromatic rings. The Kier molecular flexibility index (Phi) is 11.9. The highest BCUT2D eigenvalue weighted by Gasteiger charge is 2.24. The van der Waals surface area contributed by atoms with Gasteiger partial charge in [0, 0.05) is 24.7 Å². The monoisotopic (exact) mass is 506 g/mol. The quantitative estimate of drug-likeness (QED) is 0.342. The molecule has 0 bridgehead atoms. The lowest BCUT2D eigenvalue weighted by molar-refractivity contribution is 0.0768. The summed E-state index contributed by atoms with van der Waals surface area (Å²) >= 11 is 0. The van der Waals surface area contributed by atoms with Crippen LogP contribution in [0.25, 0.3) is 0 Å². The standard InChI is InChI=1S/C20H32N2O7S2.C2H6/c1-6-19(2,3)8-9-20(4,5)16-7-10-21-17(15-16)18(23)22(11-13-30(24,25)26)12-14-31(27,28)29;1-2/h7-10,15H,6,11-14H2,1-5H3,(H,24,25,26)(H,27,28,29);1-2H3/b9-8+;. The van der Waals surface area contributed by atoms with Gasteiger partial charge in [-0.1, -0.05) is 60.6 Å². The number of carbonyl (C=O) groups is 1. The number of pyridine rings is 1. The Labute approximate surface area is 198 Å². The average molecular weight is 507 g/mol. The zero-order valence-corrected chi connectivity index (χ0v) is 22.2. The molecule has 1 rings (SSSR count). The van der Waals surface area contributed by atoms with E-state index in [4.69, 9.17) is 9.11 Å². The van der Waals surface area contributed by atoms with Gasteiger partial charge in [0.15, 0.2) is 0 Å². The first kappa shape index (κ1) is 31.2. The van der Waals surface area contributed by atoms with E-state index in [1.54, 1.807) is 12.1 Å². The summed E-state index contributed by atoms with van der Waals surface area (Å²) in [5.41, 5.74) is 0.363. The van der Waals surface area contributed by atoms with Gasteiger partial charge >= 0.3 is 0 Å². The van der Waals surface area contributed by atoms with Crippen LogP contribution in [-0.2, 0) is 25.7 Å². The number of hydrogen-bond donors (Lipinski definition) is 2. The highest BCUT2D eigenvalue weighted by atomic mass is 32.2. The van der Waals surface area contributed by atoms with Crippen LogP contribution >= 0.6 is 0 Å². The van der Waals surface area contributed by atoms with Crippen molar-refractivity contribution >= 4 is 26.1 Å². The van der Waals surface area contributed by atoms with Crippen LogP contribution < -0.4 is 0 Å². The molecule has 2 N–H and O–H groups in total. The number of hydrogen-bond acceptors (Lipinski definition) is 6. The molecule has 190 valence electrons. The molecule has 0 unspecified atom stereocenters. The van der Waals surface area contributed by atoms with Gasteiger partial charge in [-0.3, -0.25) is 18.9 Å². The molecule has 33 heavy (non-hydrogen) atoms. The van der Waals surface area contributed by atoms with Crippen molar-refractivity contribution in [3.05, 3.63) is 41.7 Å². The maximum absolute atomic E-state index is 12.9. The summed E-state index contributed by atoms with van der Waals surface area (Å²) in [7, 11) is -8.76. The first-order valence-corrected chi connectivity index (χ1v) is 14.0. The van der Waals surface area contributed by atoms with Gasteiger partial charge in [-0.25, -0.2) is 0 Å². The van der Waals surface area contributed by atoms with E-state index in [0.29, 0.717) is 0 Å². The number of allylic oxidation sites excluding steroid dienone is 2. The summed E-state index contributed by atoms with van der Waals surface area (Å²) in [6.07, 6.45) is 6.57. The Morgan fingerprint density at radius 3 is 1.91 bits per heavy atom. The van der Waals surface area contributed by atoms with E-state index in [0.717, 1.165) is 16.9 Å². The highest BCUT2D eigenvalue weighted by molar-refractivity contribution is 7.86. The van der Waals surface area contributed by atoms with Gasteiger partial charge < -0.3 is 4.90 Å². The third kappa shape index (κ3) is 12.3. The maximum atomic E-state index is 12.9. The lowest BCUT2D eigenvalue weighted by atomic mass is 9.80. The van der Waals surface area contributed by atoms with Gasteiger partial charge in [0.1, 0.15) is 5.69 Å². The van der Waals surface area contributed by atoms with E-state index >= 15 is 0 Å². The van der Waals surface area contributed by atoms with Crippen molar-refractivity contribution in [1.82, 2.24) is 9.88 Å². The third-order valence-corrected chi connectivity index (χ3v) is 6.51. The predicted octanol–water partition coefficient (Wildman–Crippen LogP) is 3.60. The Balaban J connectivity index is 0.00000497. The molecule has 0 aliphatic heterocycles. The summed E-state index contributed by atoms with van der Waals surface area (Å²) in [5, 5.41) is 0. The van der Waals surface area contributed by atoms with Crippen LogP contribution in [0.1, 0.15) is 70.9 Å². The molecule has 9 nitrogen and oxygen atoms in total. The number of aromatic nitrogens is 1. The molecule has 0 aromatic carbocycles. The molecular formula is C22H38N2O7S2. The SMILES string of the molecule is CC.CCC(C)(C)/C=C/C(C)(C)c1ccnc(C(=O)N(CCS(=O)(=O)O)CCS(=O)(=O)O)c1. The summed E-state index contributed by atoms with van der Waals surface area (Å²) < 4.78 is 62.3. The largest absolute Gasteiger partial charge is 0.335 e. The Morgan fingerprint density at radius 1 is 1.00 bits per heavy atom. The van der Waals surface area contributed by atoms with E-state index in [1.807, 2.05) is 27.7 Å². The van der Waals surface area contributed by atoms with Crippen molar-refractivity contribution in [3.63, 3.8) is 0 Å². The molecule has 0 spiro atoms. The minimum atomic E-state index is -4.38. The normalized spacial score (nSPS) is 12.9. The number of rotatable bonds is 11. The number of carbonyl (C=O) groups excluding carboxylic acids is 1. The molecule has 1 amide bonds. The topological polar surface area (TPSA) is 142 Å². The molecule has 1 heterocycles. The molecule has 0 aliphatic rings. The van der Waals surface area contributed by atoms with Crippen molar-refractivity contribution in [2.45, 2.75) is 60.3 Å². The van der Waals surface area contributed by atoms with Crippen molar-refractivity contribution in [3.8, 4) is 0 Å². The van der Waals surface area contributed by atoms with Crippen LogP contribution in [0.4, 0.5) is 0 Å². The zero-order chi connectivity index (χ0) is 26.1. The van der Waals surface area contributed by atoms with Crippen LogP contribution in [0.2, 0.25) is 0 Å². The molecule has 11 heteroatoms. The molecule has 1 aromatic heterocycles. The van der Waals surface area contributed by atoms with Crippen LogP contribution in [-0.4, -0.2) is 66.3 Å². The summed E-state index contributed by atoms with van der Waals surface area (Å²) in [6.45, 7) is 13.4. The molecule has 0 radical (unpaired) electrons. The fourth-order valence-electron chi connectivity index (χ4n) is 2.52. The summed E-state index contributed by atoms with van der Waals surface area (Å²) in [4.78, 5) is 17.9. The van der Waals surface area contributed by atoms with Gasteiger partial charge in [-0.15, -0.1) is 0 Å². The summed E-state index contributed by atoms with van der Waals surface area (Å²) in [5.74, 6) is -2.25. The first-order valence-electron chi connectivity index (χ1n) is 10.8. The van der Waals surface area contributed by atoms with Crippen molar-refractivity contribution < 1.29 is 30.7 Å². The second kappa shape index (κ2) is 12.6. The van der Waals surface area contributed by atoms with Gasteiger partial charge in [-0.2, -0.15) is 16.8 Å². The number of nitrogens with zero attached hydrogens (tertiary/aromatic N) is 2. The van der Waals surface area contributed by atoms with Crippen LogP contribution in [0.15, 0.2) is 30.5 Å². The van der Waals surface area contributed by atoms with Gasteiger partial charge in [0.05, 0.1) is 11.5 Å². The van der Waals surface area contributed by atoms with E-state index in [1.165, 1.54) is 6.20 Å². The van der Waals surface area contributed by atoms with E-state index in [9.17, 15) is 21.6 Å². The fraction of sp³-hybridized carbons (Fsp3) is 0.636. The molecule has 0 aliphatic carbocycles. The van der Waals surface area contributed by atoms with Crippen molar-refractivity contribution in [2.24, 2.45) is 5.41 Å². The Bertz CT molecular complexity index is 979. The van der Waals surface area contributed by atoms with E-state index in [-0.39, 0.29) is 11.1 Å². The highest BCUT2D eigenvalue weighted by Crippen LogP contribution is 2.29. The fourth-order valence-corrected chi connectivity index (χ4v) is 3.43. The molecular weight excluding hydrogens is 468 g/mol. The minimum Gasteiger partial charge on any atom is -0.335 e. The maximum Gasteiger partial charge on any atom is 0.272 e. The lowest BCUT2D eigenvalue weighted by Crippen LogP contribution is -2.39. The van der Waals surface area contributed by atoms with Crippen molar-refractivity contribution in [1.29, 1.82) is 0 Å². The number of amides is 1. The van der Waals surface area contributed by atoms with Crippen molar-refractivity contribution in [2.75, 3.05) is 24.6 Å². The second-order valence-corrected chi connectivity index (χ2v) is 11.8. The summed E-state index contributed by atoms with van der Waals surface area (Å²) in [6, 6.07) is 3.33.